The topological polar surface area (TPSA) is 18.5 Å². The van der Waals surface area contributed by atoms with Gasteiger partial charge in [-0.2, -0.15) is 0 Å². The molecule has 0 saturated heterocycles. The lowest BCUT2D eigenvalue weighted by Gasteiger charge is -2.41. The quantitative estimate of drug-likeness (QED) is 0.0635. The zero-order valence-electron chi connectivity index (χ0n) is 31.6. The van der Waals surface area contributed by atoms with Crippen LogP contribution in [0.2, 0.25) is 39.3 Å². The minimum atomic E-state index is -2.20. The van der Waals surface area contributed by atoms with Crippen LogP contribution in [0.1, 0.15) is 46.2 Å². The monoisotopic (exact) mass is 716 g/mol. The maximum Gasteiger partial charge on any atom is 0.241 e. The number of hydrogen-bond donors (Lipinski definition) is 0. The Morgan fingerprint density at radius 2 is 0.500 bits per heavy atom. The molecule has 0 aliphatic carbocycles. The van der Waals surface area contributed by atoms with E-state index in [1.165, 1.54) is 33.4 Å². The van der Waals surface area contributed by atoms with Gasteiger partial charge in [0.1, 0.15) is 11.5 Å². The third-order valence-electron chi connectivity index (χ3n) is 9.62. The zero-order valence-corrected chi connectivity index (χ0v) is 33.6. The van der Waals surface area contributed by atoms with Gasteiger partial charge < -0.3 is 8.85 Å². The molecule has 4 heteroatoms. The van der Waals surface area contributed by atoms with Crippen molar-refractivity contribution in [2.24, 2.45) is 0 Å². The normalized spacial score (nSPS) is 12.9. The van der Waals surface area contributed by atoms with Crippen molar-refractivity contribution in [1.29, 1.82) is 0 Å². The molecule has 6 aromatic rings. The van der Waals surface area contributed by atoms with Crippen LogP contribution in [0.4, 0.5) is 0 Å². The molecule has 0 heterocycles. The minimum Gasteiger partial charge on any atom is -0.545 e. The maximum atomic E-state index is 7.44. The molecule has 0 aliphatic rings. The molecule has 0 spiro atoms. The van der Waals surface area contributed by atoms with E-state index in [0.29, 0.717) is 12.8 Å². The van der Waals surface area contributed by atoms with Crippen LogP contribution in [0.25, 0.3) is 0 Å². The van der Waals surface area contributed by atoms with Crippen LogP contribution in [-0.2, 0) is 19.7 Å². The third kappa shape index (κ3) is 8.25. The van der Waals surface area contributed by atoms with Crippen LogP contribution in [0, 0.1) is 0 Å². The number of benzene rings is 6. The highest BCUT2D eigenvalue weighted by Gasteiger charge is 2.43. The van der Waals surface area contributed by atoms with E-state index >= 15 is 0 Å². The molecule has 0 saturated carbocycles. The molecule has 6 rings (SSSR count). The highest BCUT2D eigenvalue weighted by molar-refractivity contribution is 6.70. The Labute approximate surface area is 314 Å². The average molecular weight is 717 g/mol. The molecular weight excluding hydrogens is 665 g/mol. The highest BCUT2D eigenvalue weighted by atomic mass is 28.4. The van der Waals surface area contributed by atoms with Gasteiger partial charge in [0, 0.05) is 12.8 Å². The largest absolute Gasteiger partial charge is 0.545 e. The second-order valence-electron chi connectivity index (χ2n) is 15.6. The molecule has 0 amide bonds. The Morgan fingerprint density at radius 1 is 0.327 bits per heavy atom. The fourth-order valence-corrected chi connectivity index (χ4v) is 9.40. The standard InChI is InChI=1S/C48H52O2Si2/c1-51(2,3)49-45(37-47(39-25-13-7-14-26-39,40-27-15-8-16-28-40)41-29-17-9-18-30-41)46(50-52(4,5)6)38-48(42-31-19-10-20-32-42,43-33-21-11-22-34-43)44-35-23-12-24-36-44/h7-36H,37-38H2,1-6H3/b46-45+. The molecular formula is C48H52O2Si2. The summed E-state index contributed by atoms with van der Waals surface area (Å²) in [4.78, 5) is 0. The van der Waals surface area contributed by atoms with Gasteiger partial charge in [0.25, 0.3) is 0 Å². The summed E-state index contributed by atoms with van der Waals surface area (Å²) in [6, 6.07) is 65.8. The Balaban J connectivity index is 1.71. The fraction of sp³-hybridized carbons (Fsp3) is 0.208. The number of allylic oxidation sites excluding steroid dienone is 2. The molecule has 52 heavy (non-hydrogen) atoms. The van der Waals surface area contributed by atoms with Gasteiger partial charge in [0.05, 0.1) is 10.8 Å². The van der Waals surface area contributed by atoms with Gasteiger partial charge in [-0.1, -0.05) is 182 Å². The molecule has 2 nitrogen and oxygen atoms in total. The van der Waals surface area contributed by atoms with Crippen LogP contribution in [0.15, 0.2) is 194 Å². The second kappa shape index (κ2) is 15.8. The van der Waals surface area contributed by atoms with E-state index in [1.54, 1.807) is 0 Å². The predicted molar refractivity (Wildman–Crippen MR) is 224 cm³/mol. The van der Waals surface area contributed by atoms with Gasteiger partial charge in [-0.05, 0) is 72.7 Å². The summed E-state index contributed by atoms with van der Waals surface area (Å²) < 4.78 is 14.9. The van der Waals surface area contributed by atoms with E-state index in [4.69, 9.17) is 8.85 Å². The lowest BCUT2D eigenvalue weighted by atomic mass is 9.65. The lowest BCUT2D eigenvalue weighted by Crippen LogP contribution is -2.37. The summed E-state index contributed by atoms with van der Waals surface area (Å²) in [5, 5.41) is 0. The average Bonchev–Trinajstić information content (AvgIpc) is 3.16. The van der Waals surface area contributed by atoms with Gasteiger partial charge in [0.2, 0.25) is 16.6 Å². The Bertz CT molecular complexity index is 1670. The van der Waals surface area contributed by atoms with E-state index in [0.717, 1.165) is 11.5 Å². The van der Waals surface area contributed by atoms with Gasteiger partial charge >= 0.3 is 0 Å². The first-order chi connectivity index (χ1) is 25.0. The van der Waals surface area contributed by atoms with Crippen molar-refractivity contribution in [2.75, 3.05) is 0 Å². The van der Waals surface area contributed by atoms with Crippen molar-refractivity contribution in [2.45, 2.75) is 63.0 Å². The van der Waals surface area contributed by atoms with Crippen molar-refractivity contribution in [1.82, 2.24) is 0 Å². The molecule has 0 unspecified atom stereocenters. The SMILES string of the molecule is C[Si](C)(C)O/C(CC(c1ccccc1)(c1ccccc1)c1ccccc1)=C(\CC(c1ccccc1)(c1ccccc1)c1ccccc1)O[Si](C)(C)C. The predicted octanol–water partition coefficient (Wildman–Crippen LogP) is 12.8. The summed E-state index contributed by atoms with van der Waals surface area (Å²) in [5.41, 5.74) is 6.21. The molecule has 0 aliphatic heterocycles. The molecule has 0 bridgehead atoms. The Hall–Kier alpha value is -4.91. The molecule has 6 aromatic carbocycles. The maximum absolute atomic E-state index is 7.44. The molecule has 0 fully saturated rings. The molecule has 0 atom stereocenters. The smallest absolute Gasteiger partial charge is 0.241 e. The van der Waals surface area contributed by atoms with Crippen LogP contribution in [0.3, 0.4) is 0 Å². The second-order valence-corrected chi connectivity index (χ2v) is 24.5. The Morgan fingerprint density at radius 3 is 0.654 bits per heavy atom. The van der Waals surface area contributed by atoms with E-state index in [2.05, 4.69) is 221 Å². The van der Waals surface area contributed by atoms with Crippen LogP contribution < -0.4 is 0 Å². The Kier molecular flexibility index (Phi) is 11.2. The zero-order chi connectivity index (χ0) is 36.7. The fourth-order valence-electron chi connectivity index (χ4n) is 7.55. The summed E-state index contributed by atoms with van der Waals surface area (Å²) in [7, 11) is -4.39. The van der Waals surface area contributed by atoms with Crippen molar-refractivity contribution in [3.05, 3.63) is 227 Å². The van der Waals surface area contributed by atoms with Crippen LogP contribution in [0.5, 0.6) is 0 Å². The first-order valence-corrected chi connectivity index (χ1v) is 25.3. The van der Waals surface area contributed by atoms with Gasteiger partial charge in [-0.15, -0.1) is 0 Å². The minimum absolute atomic E-state index is 0.554. The summed E-state index contributed by atoms with van der Waals surface area (Å²) >= 11 is 0. The summed E-state index contributed by atoms with van der Waals surface area (Å²) in [5.74, 6) is 1.87. The van der Waals surface area contributed by atoms with E-state index < -0.39 is 27.5 Å². The van der Waals surface area contributed by atoms with Crippen molar-refractivity contribution >= 4 is 16.6 Å². The first-order valence-electron chi connectivity index (χ1n) is 18.4. The molecule has 0 N–H and O–H groups in total. The van der Waals surface area contributed by atoms with Gasteiger partial charge in [-0.25, -0.2) is 0 Å². The van der Waals surface area contributed by atoms with Crippen molar-refractivity contribution < 1.29 is 8.85 Å². The molecule has 0 radical (unpaired) electrons. The van der Waals surface area contributed by atoms with Crippen molar-refractivity contribution in [3.63, 3.8) is 0 Å². The van der Waals surface area contributed by atoms with Crippen molar-refractivity contribution in [3.8, 4) is 0 Å². The van der Waals surface area contributed by atoms with Gasteiger partial charge in [0.15, 0.2) is 0 Å². The molecule has 0 aromatic heterocycles. The highest BCUT2D eigenvalue weighted by Crippen LogP contribution is 2.49. The van der Waals surface area contributed by atoms with Crippen LogP contribution >= 0.6 is 0 Å². The molecule has 264 valence electrons. The first kappa shape index (κ1) is 36.9. The summed E-state index contributed by atoms with van der Waals surface area (Å²) in [6.45, 7) is 13.7. The number of rotatable bonds is 14. The third-order valence-corrected chi connectivity index (χ3v) is 11.3. The number of hydrogen-bond acceptors (Lipinski definition) is 2. The summed E-state index contributed by atoms with van der Waals surface area (Å²) in [6.07, 6.45) is 1.20. The van der Waals surface area contributed by atoms with Crippen LogP contribution in [-0.4, -0.2) is 16.6 Å². The van der Waals surface area contributed by atoms with E-state index in [1.807, 2.05) is 0 Å². The van der Waals surface area contributed by atoms with Gasteiger partial charge in [-0.3, -0.25) is 0 Å². The lowest BCUT2D eigenvalue weighted by molar-refractivity contribution is 0.290. The van der Waals surface area contributed by atoms with E-state index in [-0.39, 0.29) is 0 Å². The van der Waals surface area contributed by atoms with E-state index in [9.17, 15) is 0 Å².